The molecule has 0 aromatic rings. The van der Waals surface area contributed by atoms with Gasteiger partial charge in [-0.3, -0.25) is 4.79 Å². The minimum Gasteiger partial charge on any atom is -0.330 e. The summed E-state index contributed by atoms with van der Waals surface area (Å²) in [6.07, 6.45) is 2.86. The lowest BCUT2D eigenvalue weighted by Gasteiger charge is -2.13. The Morgan fingerprint density at radius 3 is 2.33 bits per heavy atom. The van der Waals surface area contributed by atoms with E-state index in [9.17, 15) is 4.79 Å². The van der Waals surface area contributed by atoms with Gasteiger partial charge in [0.2, 0.25) is 0 Å². The summed E-state index contributed by atoms with van der Waals surface area (Å²) in [4.78, 5) is 11.5. The van der Waals surface area contributed by atoms with Crippen LogP contribution in [0.15, 0.2) is 0 Å². The van der Waals surface area contributed by atoms with Crippen molar-refractivity contribution in [1.29, 1.82) is 0 Å². The zero-order valence-corrected chi connectivity index (χ0v) is 8.47. The lowest BCUT2D eigenvalue weighted by Crippen LogP contribution is -2.19. The van der Waals surface area contributed by atoms with Crippen LogP contribution in [0.3, 0.4) is 0 Å². The van der Waals surface area contributed by atoms with Crippen molar-refractivity contribution in [2.75, 3.05) is 6.54 Å². The van der Waals surface area contributed by atoms with Crippen LogP contribution in [0.25, 0.3) is 0 Å². The highest BCUT2D eigenvalue weighted by Gasteiger charge is 2.17. The largest absolute Gasteiger partial charge is 0.330 e. The molecule has 0 aromatic heterocycles. The summed E-state index contributed by atoms with van der Waals surface area (Å²) in [6.45, 7) is 6.75. The first-order valence-corrected chi connectivity index (χ1v) is 4.87. The van der Waals surface area contributed by atoms with E-state index in [0.717, 1.165) is 19.3 Å². The zero-order chi connectivity index (χ0) is 9.56. The Morgan fingerprint density at radius 1 is 1.33 bits per heavy atom. The SMILES string of the molecule is CCC(C)C(=O)C(C)CCCN. The van der Waals surface area contributed by atoms with Gasteiger partial charge in [-0.15, -0.1) is 0 Å². The van der Waals surface area contributed by atoms with E-state index in [-0.39, 0.29) is 11.8 Å². The predicted molar refractivity (Wildman–Crippen MR) is 51.9 cm³/mol. The second kappa shape index (κ2) is 6.18. The molecule has 0 saturated heterocycles. The molecule has 2 nitrogen and oxygen atoms in total. The van der Waals surface area contributed by atoms with E-state index >= 15 is 0 Å². The summed E-state index contributed by atoms with van der Waals surface area (Å²) in [7, 11) is 0. The minimum absolute atomic E-state index is 0.198. The van der Waals surface area contributed by atoms with Crippen molar-refractivity contribution in [3.8, 4) is 0 Å². The summed E-state index contributed by atoms with van der Waals surface area (Å²) in [5.74, 6) is 0.812. The van der Waals surface area contributed by atoms with Crippen LogP contribution in [0.2, 0.25) is 0 Å². The van der Waals surface area contributed by atoms with Gasteiger partial charge in [0.1, 0.15) is 5.78 Å². The molecule has 0 aliphatic heterocycles. The number of nitrogens with two attached hydrogens (primary N) is 1. The standard InChI is InChI=1S/C10H21NO/c1-4-8(2)10(12)9(3)6-5-7-11/h8-9H,4-7,11H2,1-3H3. The Hall–Kier alpha value is -0.370. The van der Waals surface area contributed by atoms with Gasteiger partial charge in [-0.2, -0.15) is 0 Å². The van der Waals surface area contributed by atoms with Crippen LogP contribution in [0.5, 0.6) is 0 Å². The van der Waals surface area contributed by atoms with Crippen molar-refractivity contribution < 1.29 is 4.79 Å². The molecule has 2 N–H and O–H groups in total. The lowest BCUT2D eigenvalue weighted by atomic mass is 9.90. The van der Waals surface area contributed by atoms with Crippen molar-refractivity contribution in [3.05, 3.63) is 0 Å². The molecule has 2 unspecified atom stereocenters. The van der Waals surface area contributed by atoms with Crippen molar-refractivity contribution in [1.82, 2.24) is 0 Å². The van der Waals surface area contributed by atoms with E-state index in [1.54, 1.807) is 0 Å². The minimum atomic E-state index is 0.198. The topological polar surface area (TPSA) is 43.1 Å². The number of carbonyl (C=O) groups is 1. The molecule has 0 spiro atoms. The molecule has 0 bridgehead atoms. The molecule has 0 rings (SSSR count). The van der Waals surface area contributed by atoms with Gasteiger partial charge in [0.05, 0.1) is 0 Å². The molecule has 0 amide bonds. The second-order valence-corrected chi connectivity index (χ2v) is 3.54. The third kappa shape index (κ3) is 3.86. The van der Waals surface area contributed by atoms with Gasteiger partial charge in [-0.25, -0.2) is 0 Å². The quantitative estimate of drug-likeness (QED) is 0.664. The molecule has 0 heterocycles. The van der Waals surface area contributed by atoms with Crippen molar-refractivity contribution in [2.45, 2.75) is 40.0 Å². The average molecular weight is 171 g/mol. The monoisotopic (exact) mass is 171 g/mol. The first kappa shape index (κ1) is 11.6. The number of rotatable bonds is 6. The highest BCUT2D eigenvalue weighted by molar-refractivity contribution is 5.82. The lowest BCUT2D eigenvalue weighted by molar-refractivity contribution is -0.126. The third-order valence-corrected chi connectivity index (χ3v) is 2.43. The number of hydrogen-bond acceptors (Lipinski definition) is 2. The number of carbonyl (C=O) groups excluding carboxylic acids is 1. The highest BCUT2D eigenvalue weighted by atomic mass is 16.1. The molecular weight excluding hydrogens is 150 g/mol. The van der Waals surface area contributed by atoms with Crippen LogP contribution in [0.4, 0.5) is 0 Å². The molecule has 0 aliphatic rings. The number of hydrogen-bond donors (Lipinski definition) is 1. The van der Waals surface area contributed by atoms with Crippen LogP contribution < -0.4 is 5.73 Å². The van der Waals surface area contributed by atoms with Gasteiger partial charge < -0.3 is 5.73 Å². The molecule has 0 aromatic carbocycles. The predicted octanol–water partition coefficient (Wildman–Crippen LogP) is 1.98. The fourth-order valence-corrected chi connectivity index (χ4v) is 1.25. The van der Waals surface area contributed by atoms with Gasteiger partial charge in [0, 0.05) is 11.8 Å². The molecule has 0 saturated carbocycles. The first-order chi connectivity index (χ1) is 5.63. The summed E-state index contributed by atoms with van der Waals surface area (Å²) in [5.41, 5.74) is 5.37. The Morgan fingerprint density at radius 2 is 1.92 bits per heavy atom. The first-order valence-electron chi connectivity index (χ1n) is 4.87. The molecule has 2 heteroatoms. The van der Waals surface area contributed by atoms with E-state index in [1.807, 2.05) is 13.8 Å². The van der Waals surface area contributed by atoms with Gasteiger partial charge in [-0.05, 0) is 25.8 Å². The van der Waals surface area contributed by atoms with E-state index in [2.05, 4.69) is 6.92 Å². The molecular formula is C10H21NO. The molecule has 0 fully saturated rings. The van der Waals surface area contributed by atoms with Crippen LogP contribution in [0, 0.1) is 11.8 Å². The molecule has 12 heavy (non-hydrogen) atoms. The molecule has 2 atom stereocenters. The van der Waals surface area contributed by atoms with E-state index < -0.39 is 0 Å². The summed E-state index contributed by atoms with van der Waals surface area (Å²) >= 11 is 0. The summed E-state index contributed by atoms with van der Waals surface area (Å²) < 4.78 is 0. The van der Waals surface area contributed by atoms with Gasteiger partial charge in [-0.1, -0.05) is 20.8 Å². The van der Waals surface area contributed by atoms with Gasteiger partial charge in [0.25, 0.3) is 0 Å². The van der Waals surface area contributed by atoms with Crippen molar-refractivity contribution in [2.24, 2.45) is 17.6 Å². The Bertz CT molecular complexity index is 134. The van der Waals surface area contributed by atoms with E-state index in [1.165, 1.54) is 0 Å². The normalized spacial score (nSPS) is 15.7. The fraction of sp³-hybridized carbons (Fsp3) is 0.900. The van der Waals surface area contributed by atoms with Gasteiger partial charge in [0.15, 0.2) is 0 Å². The molecule has 0 radical (unpaired) electrons. The molecule has 72 valence electrons. The third-order valence-electron chi connectivity index (χ3n) is 2.43. The fourth-order valence-electron chi connectivity index (χ4n) is 1.25. The van der Waals surface area contributed by atoms with E-state index in [0.29, 0.717) is 12.3 Å². The summed E-state index contributed by atoms with van der Waals surface area (Å²) in [5, 5.41) is 0. The Labute approximate surface area is 75.5 Å². The van der Waals surface area contributed by atoms with Crippen LogP contribution >= 0.6 is 0 Å². The highest BCUT2D eigenvalue weighted by Crippen LogP contribution is 2.14. The van der Waals surface area contributed by atoms with Crippen molar-refractivity contribution >= 4 is 5.78 Å². The molecule has 0 aliphatic carbocycles. The van der Waals surface area contributed by atoms with Crippen molar-refractivity contribution in [3.63, 3.8) is 0 Å². The maximum atomic E-state index is 11.5. The maximum absolute atomic E-state index is 11.5. The second-order valence-electron chi connectivity index (χ2n) is 3.54. The Balaban J connectivity index is 3.75. The van der Waals surface area contributed by atoms with Crippen LogP contribution in [0.1, 0.15) is 40.0 Å². The zero-order valence-electron chi connectivity index (χ0n) is 8.47. The Kier molecular flexibility index (Phi) is 5.99. The number of ketones is 1. The van der Waals surface area contributed by atoms with E-state index in [4.69, 9.17) is 5.73 Å². The van der Waals surface area contributed by atoms with Crippen LogP contribution in [-0.4, -0.2) is 12.3 Å². The maximum Gasteiger partial charge on any atom is 0.138 e. The summed E-state index contributed by atoms with van der Waals surface area (Å²) in [6, 6.07) is 0. The number of Topliss-reactive ketones (excluding diaryl/α,β-unsaturated/α-hetero) is 1. The average Bonchev–Trinajstić information content (AvgIpc) is 2.11. The van der Waals surface area contributed by atoms with Gasteiger partial charge >= 0.3 is 0 Å². The van der Waals surface area contributed by atoms with Crippen LogP contribution in [-0.2, 0) is 4.79 Å². The smallest absolute Gasteiger partial charge is 0.138 e.